The van der Waals surface area contributed by atoms with Gasteiger partial charge in [0.25, 0.3) is 0 Å². The third kappa shape index (κ3) is 2.57. The quantitative estimate of drug-likeness (QED) is 0.760. The second kappa shape index (κ2) is 4.94. The first-order valence-corrected chi connectivity index (χ1v) is 5.41. The summed E-state index contributed by atoms with van der Waals surface area (Å²) in [5.41, 5.74) is 2.16. The molecule has 3 nitrogen and oxygen atoms in total. The van der Waals surface area contributed by atoms with Crippen molar-refractivity contribution in [2.45, 2.75) is 19.8 Å². The van der Waals surface area contributed by atoms with Crippen molar-refractivity contribution in [1.29, 1.82) is 0 Å². The van der Waals surface area contributed by atoms with E-state index in [0.29, 0.717) is 0 Å². The summed E-state index contributed by atoms with van der Waals surface area (Å²) in [6.07, 6.45) is 1.97. The van der Waals surface area contributed by atoms with Crippen LogP contribution in [0.2, 0.25) is 0 Å². The molecular formula is C12H16N2O. The highest BCUT2D eigenvalue weighted by atomic mass is 16.5. The second-order valence-corrected chi connectivity index (χ2v) is 3.50. The van der Waals surface area contributed by atoms with Crippen molar-refractivity contribution in [2.24, 2.45) is 0 Å². The van der Waals surface area contributed by atoms with Gasteiger partial charge in [-0.2, -0.15) is 0 Å². The summed E-state index contributed by atoms with van der Waals surface area (Å²) in [5.74, 6) is 1.05. The Bertz CT molecular complexity index is 389. The lowest BCUT2D eigenvalue weighted by molar-refractivity contribution is 0.145. The molecule has 1 N–H and O–H groups in total. The second-order valence-electron chi connectivity index (χ2n) is 3.50. The maximum atomic E-state index is 5.29. The molecule has 15 heavy (non-hydrogen) atoms. The molecular weight excluding hydrogens is 188 g/mol. The van der Waals surface area contributed by atoms with Crippen LogP contribution in [0.3, 0.4) is 0 Å². The molecule has 0 amide bonds. The number of rotatable bonds is 5. The standard InChI is InChI=1S/C12H16N2O/c1-2-15-9-5-8-12-13-10-6-3-4-7-11(10)14-12/h3-4,6-7H,2,5,8-9H2,1H3,(H,13,14). The van der Waals surface area contributed by atoms with Crippen LogP contribution < -0.4 is 0 Å². The predicted molar refractivity (Wildman–Crippen MR) is 60.9 cm³/mol. The van der Waals surface area contributed by atoms with Gasteiger partial charge >= 0.3 is 0 Å². The molecule has 0 aliphatic carbocycles. The van der Waals surface area contributed by atoms with E-state index in [-0.39, 0.29) is 0 Å². The molecule has 0 spiro atoms. The fourth-order valence-corrected chi connectivity index (χ4v) is 1.61. The van der Waals surface area contributed by atoms with Crippen LogP contribution in [0.1, 0.15) is 19.2 Å². The zero-order valence-electron chi connectivity index (χ0n) is 8.99. The highest BCUT2D eigenvalue weighted by Gasteiger charge is 2.00. The molecule has 2 aromatic rings. The minimum absolute atomic E-state index is 0.792. The van der Waals surface area contributed by atoms with Crippen LogP contribution in [0, 0.1) is 0 Å². The van der Waals surface area contributed by atoms with E-state index in [9.17, 15) is 0 Å². The largest absolute Gasteiger partial charge is 0.382 e. The van der Waals surface area contributed by atoms with E-state index >= 15 is 0 Å². The van der Waals surface area contributed by atoms with Crippen LogP contribution in [0.15, 0.2) is 24.3 Å². The molecule has 80 valence electrons. The van der Waals surface area contributed by atoms with E-state index in [0.717, 1.165) is 42.9 Å². The lowest BCUT2D eigenvalue weighted by atomic mass is 10.3. The first-order valence-electron chi connectivity index (χ1n) is 5.41. The van der Waals surface area contributed by atoms with E-state index in [4.69, 9.17) is 4.74 Å². The Morgan fingerprint density at radius 1 is 1.33 bits per heavy atom. The molecule has 0 saturated heterocycles. The number of nitrogens with zero attached hydrogens (tertiary/aromatic N) is 1. The maximum Gasteiger partial charge on any atom is 0.107 e. The highest BCUT2D eigenvalue weighted by Crippen LogP contribution is 2.11. The monoisotopic (exact) mass is 204 g/mol. The zero-order chi connectivity index (χ0) is 10.5. The van der Waals surface area contributed by atoms with Gasteiger partial charge in [-0.25, -0.2) is 4.98 Å². The Hall–Kier alpha value is -1.35. The fourth-order valence-electron chi connectivity index (χ4n) is 1.61. The molecule has 0 fully saturated rings. The number of ether oxygens (including phenoxy) is 1. The number of nitrogens with one attached hydrogen (secondary N) is 1. The molecule has 0 aliphatic rings. The number of para-hydroxylation sites is 2. The number of hydrogen-bond acceptors (Lipinski definition) is 2. The van der Waals surface area contributed by atoms with Crippen LogP contribution >= 0.6 is 0 Å². The highest BCUT2D eigenvalue weighted by molar-refractivity contribution is 5.74. The van der Waals surface area contributed by atoms with E-state index in [1.165, 1.54) is 0 Å². The van der Waals surface area contributed by atoms with Gasteiger partial charge in [-0.1, -0.05) is 12.1 Å². The van der Waals surface area contributed by atoms with E-state index in [1.54, 1.807) is 0 Å². The molecule has 0 radical (unpaired) electrons. The van der Waals surface area contributed by atoms with Crippen molar-refractivity contribution in [3.63, 3.8) is 0 Å². The molecule has 0 atom stereocenters. The summed E-state index contributed by atoms with van der Waals surface area (Å²) in [6.45, 7) is 3.62. The Morgan fingerprint density at radius 3 is 3.00 bits per heavy atom. The minimum Gasteiger partial charge on any atom is -0.382 e. The first kappa shape index (κ1) is 10.2. The van der Waals surface area contributed by atoms with Crippen LogP contribution in [0.4, 0.5) is 0 Å². The van der Waals surface area contributed by atoms with Crippen molar-refractivity contribution in [3.05, 3.63) is 30.1 Å². The van der Waals surface area contributed by atoms with Crippen molar-refractivity contribution >= 4 is 11.0 Å². The summed E-state index contributed by atoms with van der Waals surface area (Å²) in [6, 6.07) is 8.10. The number of H-pyrrole nitrogens is 1. The molecule has 1 heterocycles. The van der Waals surface area contributed by atoms with Gasteiger partial charge < -0.3 is 9.72 Å². The summed E-state index contributed by atoms with van der Waals surface area (Å²) in [4.78, 5) is 7.81. The normalized spacial score (nSPS) is 11.0. The van der Waals surface area contributed by atoms with Gasteiger partial charge in [0.2, 0.25) is 0 Å². The number of aromatic nitrogens is 2. The fraction of sp³-hybridized carbons (Fsp3) is 0.417. The number of imidazole rings is 1. The SMILES string of the molecule is CCOCCCc1nc2ccccc2[nH]1. The van der Waals surface area contributed by atoms with Crippen LogP contribution in [0.5, 0.6) is 0 Å². The topological polar surface area (TPSA) is 37.9 Å². The van der Waals surface area contributed by atoms with Gasteiger partial charge in [-0.3, -0.25) is 0 Å². The molecule has 1 aromatic heterocycles. The summed E-state index contributed by atoms with van der Waals surface area (Å²) >= 11 is 0. The molecule has 0 bridgehead atoms. The number of aryl methyl sites for hydroxylation is 1. The molecule has 0 aliphatic heterocycles. The Morgan fingerprint density at radius 2 is 2.20 bits per heavy atom. The smallest absolute Gasteiger partial charge is 0.107 e. The number of hydrogen-bond donors (Lipinski definition) is 1. The van der Waals surface area contributed by atoms with E-state index in [2.05, 4.69) is 9.97 Å². The van der Waals surface area contributed by atoms with E-state index in [1.807, 2.05) is 31.2 Å². The van der Waals surface area contributed by atoms with Gasteiger partial charge in [0.1, 0.15) is 5.82 Å². The Kier molecular flexibility index (Phi) is 3.35. The number of aromatic amines is 1. The molecule has 1 aromatic carbocycles. The molecule has 0 saturated carbocycles. The molecule has 2 rings (SSSR count). The summed E-state index contributed by atoms with van der Waals surface area (Å²) in [5, 5.41) is 0. The third-order valence-corrected chi connectivity index (χ3v) is 2.34. The minimum atomic E-state index is 0.792. The van der Waals surface area contributed by atoms with Crippen molar-refractivity contribution in [1.82, 2.24) is 9.97 Å². The third-order valence-electron chi connectivity index (χ3n) is 2.34. The lowest BCUT2D eigenvalue weighted by Crippen LogP contribution is -1.96. The Labute approximate surface area is 89.5 Å². The van der Waals surface area contributed by atoms with E-state index < -0.39 is 0 Å². The van der Waals surface area contributed by atoms with Gasteiger partial charge in [0, 0.05) is 19.6 Å². The van der Waals surface area contributed by atoms with Gasteiger partial charge in [0.15, 0.2) is 0 Å². The first-order chi connectivity index (χ1) is 7.40. The predicted octanol–water partition coefficient (Wildman–Crippen LogP) is 2.53. The number of fused-ring (bicyclic) bond motifs is 1. The van der Waals surface area contributed by atoms with Crippen LogP contribution in [-0.4, -0.2) is 23.2 Å². The van der Waals surface area contributed by atoms with Gasteiger partial charge in [-0.15, -0.1) is 0 Å². The maximum absolute atomic E-state index is 5.29. The van der Waals surface area contributed by atoms with Crippen molar-refractivity contribution < 1.29 is 4.74 Å². The summed E-state index contributed by atoms with van der Waals surface area (Å²) < 4.78 is 5.29. The summed E-state index contributed by atoms with van der Waals surface area (Å²) in [7, 11) is 0. The average Bonchev–Trinajstić information content (AvgIpc) is 2.67. The van der Waals surface area contributed by atoms with Crippen LogP contribution in [0.25, 0.3) is 11.0 Å². The number of benzene rings is 1. The zero-order valence-corrected chi connectivity index (χ0v) is 8.99. The average molecular weight is 204 g/mol. The van der Waals surface area contributed by atoms with Gasteiger partial charge in [0.05, 0.1) is 11.0 Å². The Balaban J connectivity index is 1.97. The van der Waals surface area contributed by atoms with Gasteiger partial charge in [-0.05, 0) is 25.5 Å². The van der Waals surface area contributed by atoms with Crippen molar-refractivity contribution in [3.8, 4) is 0 Å². The van der Waals surface area contributed by atoms with Crippen molar-refractivity contribution in [2.75, 3.05) is 13.2 Å². The molecule has 0 unspecified atom stereocenters. The van der Waals surface area contributed by atoms with Crippen LogP contribution in [-0.2, 0) is 11.2 Å². The molecule has 3 heteroatoms. The lowest BCUT2D eigenvalue weighted by Gasteiger charge is -1.98.